The van der Waals surface area contributed by atoms with E-state index in [4.69, 9.17) is 9.52 Å². The predicted octanol–water partition coefficient (Wildman–Crippen LogP) is 1.83. The maximum atomic E-state index is 11.9. The second kappa shape index (κ2) is 3.87. The fourth-order valence-corrected chi connectivity index (χ4v) is 2.38. The minimum absolute atomic E-state index is 0.109. The zero-order valence-electron chi connectivity index (χ0n) is 9.55. The summed E-state index contributed by atoms with van der Waals surface area (Å²) in [7, 11) is 0. The summed E-state index contributed by atoms with van der Waals surface area (Å²) >= 11 is 0. The maximum Gasteiger partial charge on any atom is 0.407 e. The van der Waals surface area contributed by atoms with Crippen LogP contribution >= 0.6 is 0 Å². The number of para-hydroxylation sites is 1. The van der Waals surface area contributed by atoms with Crippen molar-refractivity contribution in [1.29, 1.82) is 0 Å². The van der Waals surface area contributed by atoms with E-state index in [0.29, 0.717) is 24.1 Å². The van der Waals surface area contributed by atoms with Crippen LogP contribution in [0.5, 0.6) is 0 Å². The lowest BCUT2D eigenvalue weighted by atomic mass is 9.98. The third-order valence-electron chi connectivity index (χ3n) is 3.28. The van der Waals surface area contributed by atoms with Gasteiger partial charge in [-0.15, -0.1) is 0 Å². The molecule has 0 bridgehead atoms. The standard InChI is InChI=1S/C13H11NO4/c15-12-10-7-14(13(16)17)6-5-8(10)9-3-1-2-4-11(9)18-12/h1-4H,5-7H2,(H,16,17). The summed E-state index contributed by atoms with van der Waals surface area (Å²) in [5.41, 5.74) is 1.50. The van der Waals surface area contributed by atoms with Gasteiger partial charge in [0.25, 0.3) is 0 Å². The van der Waals surface area contributed by atoms with E-state index in [1.165, 1.54) is 4.90 Å². The van der Waals surface area contributed by atoms with Crippen LogP contribution in [0.15, 0.2) is 33.5 Å². The first kappa shape index (κ1) is 10.8. The third kappa shape index (κ3) is 1.55. The van der Waals surface area contributed by atoms with Crippen LogP contribution in [0.4, 0.5) is 4.79 Å². The third-order valence-corrected chi connectivity index (χ3v) is 3.28. The first-order valence-electron chi connectivity index (χ1n) is 5.68. The lowest BCUT2D eigenvalue weighted by Crippen LogP contribution is -2.37. The highest BCUT2D eigenvalue weighted by Gasteiger charge is 2.24. The Kier molecular flexibility index (Phi) is 2.33. The molecule has 0 unspecified atom stereocenters. The van der Waals surface area contributed by atoms with Gasteiger partial charge in [0.2, 0.25) is 0 Å². The molecule has 1 N–H and O–H groups in total. The molecule has 92 valence electrons. The van der Waals surface area contributed by atoms with Crippen LogP contribution in [0.25, 0.3) is 11.0 Å². The second-order valence-electron chi connectivity index (χ2n) is 4.30. The molecule has 1 aromatic carbocycles. The largest absolute Gasteiger partial charge is 0.465 e. The van der Waals surface area contributed by atoms with Crippen molar-refractivity contribution in [1.82, 2.24) is 4.90 Å². The Balaban J connectivity index is 2.22. The number of rotatable bonds is 0. The Morgan fingerprint density at radius 3 is 2.83 bits per heavy atom. The average Bonchev–Trinajstić information content (AvgIpc) is 2.38. The van der Waals surface area contributed by atoms with Crippen LogP contribution in [-0.2, 0) is 13.0 Å². The molecule has 1 amide bonds. The van der Waals surface area contributed by atoms with Crippen LogP contribution in [0, 0.1) is 0 Å². The molecule has 0 radical (unpaired) electrons. The molecule has 1 aromatic heterocycles. The van der Waals surface area contributed by atoms with E-state index in [-0.39, 0.29) is 6.54 Å². The van der Waals surface area contributed by atoms with E-state index in [0.717, 1.165) is 10.9 Å². The van der Waals surface area contributed by atoms with Crippen molar-refractivity contribution in [2.75, 3.05) is 6.54 Å². The molecule has 2 aromatic rings. The van der Waals surface area contributed by atoms with E-state index in [2.05, 4.69) is 0 Å². The Morgan fingerprint density at radius 2 is 2.06 bits per heavy atom. The summed E-state index contributed by atoms with van der Waals surface area (Å²) in [6, 6.07) is 7.34. The molecular weight excluding hydrogens is 234 g/mol. The van der Waals surface area contributed by atoms with E-state index in [1.54, 1.807) is 6.07 Å². The van der Waals surface area contributed by atoms with Gasteiger partial charge in [0, 0.05) is 11.9 Å². The van der Waals surface area contributed by atoms with Crippen molar-refractivity contribution in [3.8, 4) is 0 Å². The van der Waals surface area contributed by atoms with Gasteiger partial charge in [-0.1, -0.05) is 18.2 Å². The van der Waals surface area contributed by atoms with Gasteiger partial charge in [0.05, 0.1) is 12.1 Å². The number of hydrogen-bond acceptors (Lipinski definition) is 3. The lowest BCUT2D eigenvalue weighted by molar-refractivity contribution is 0.139. The zero-order valence-corrected chi connectivity index (χ0v) is 9.55. The van der Waals surface area contributed by atoms with Crippen LogP contribution in [-0.4, -0.2) is 22.6 Å². The summed E-state index contributed by atoms with van der Waals surface area (Å²) < 4.78 is 5.21. The summed E-state index contributed by atoms with van der Waals surface area (Å²) in [5.74, 6) is 0. The monoisotopic (exact) mass is 245 g/mol. The zero-order chi connectivity index (χ0) is 12.7. The van der Waals surface area contributed by atoms with Crippen LogP contribution < -0.4 is 5.63 Å². The van der Waals surface area contributed by atoms with Gasteiger partial charge in [-0.25, -0.2) is 9.59 Å². The summed E-state index contributed by atoms with van der Waals surface area (Å²) in [4.78, 5) is 24.0. The molecule has 0 fully saturated rings. The quantitative estimate of drug-likeness (QED) is 0.719. The summed E-state index contributed by atoms with van der Waals surface area (Å²) in [5, 5.41) is 9.86. The van der Waals surface area contributed by atoms with Crippen LogP contribution in [0.3, 0.4) is 0 Å². The molecule has 0 atom stereocenters. The second-order valence-corrected chi connectivity index (χ2v) is 4.30. The fraction of sp³-hybridized carbons (Fsp3) is 0.231. The van der Waals surface area contributed by atoms with E-state index < -0.39 is 11.7 Å². The molecule has 18 heavy (non-hydrogen) atoms. The highest BCUT2D eigenvalue weighted by Crippen LogP contribution is 2.24. The topological polar surface area (TPSA) is 70.8 Å². The van der Waals surface area contributed by atoms with Gasteiger partial charge < -0.3 is 14.4 Å². The number of fused-ring (bicyclic) bond motifs is 3. The number of amides is 1. The Hall–Kier alpha value is -2.30. The highest BCUT2D eigenvalue weighted by molar-refractivity contribution is 5.81. The normalized spacial score (nSPS) is 14.6. The molecule has 1 aliphatic rings. The van der Waals surface area contributed by atoms with Crippen LogP contribution in [0.1, 0.15) is 11.1 Å². The van der Waals surface area contributed by atoms with Crippen molar-refractivity contribution < 1.29 is 14.3 Å². The van der Waals surface area contributed by atoms with Gasteiger partial charge in [-0.05, 0) is 18.1 Å². The Morgan fingerprint density at radius 1 is 1.28 bits per heavy atom. The molecule has 0 saturated heterocycles. The lowest BCUT2D eigenvalue weighted by Gasteiger charge is -2.25. The summed E-state index contributed by atoms with van der Waals surface area (Å²) in [6.45, 7) is 0.521. The number of hydrogen-bond donors (Lipinski definition) is 1. The van der Waals surface area contributed by atoms with Crippen molar-refractivity contribution >= 4 is 17.1 Å². The van der Waals surface area contributed by atoms with Crippen molar-refractivity contribution in [2.24, 2.45) is 0 Å². The van der Waals surface area contributed by atoms with Crippen molar-refractivity contribution in [3.63, 3.8) is 0 Å². The van der Waals surface area contributed by atoms with E-state index in [9.17, 15) is 9.59 Å². The fourth-order valence-electron chi connectivity index (χ4n) is 2.38. The van der Waals surface area contributed by atoms with Gasteiger partial charge >= 0.3 is 11.7 Å². The van der Waals surface area contributed by atoms with Gasteiger partial charge in [-0.3, -0.25) is 0 Å². The van der Waals surface area contributed by atoms with E-state index >= 15 is 0 Å². The SMILES string of the molecule is O=C(O)N1CCc2c(c(=O)oc3ccccc23)C1. The number of carbonyl (C=O) groups is 1. The minimum Gasteiger partial charge on any atom is -0.465 e. The van der Waals surface area contributed by atoms with Crippen molar-refractivity contribution in [3.05, 3.63) is 45.8 Å². The van der Waals surface area contributed by atoms with E-state index in [1.807, 2.05) is 18.2 Å². The molecule has 0 spiro atoms. The molecular formula is C13H11NO4. The van der Waals surface area contributed by atoms with Crippen LogP contribution in [0.2, 0.25) is 0 Å². The maximum absolute atomic E-state index is 11.9. The molecule has 2 heterocycles. The number of nitrogens with zero attached hydrogens (tertiary/aromatic N) is 1. The Labute approximate surface area is 102 Å². The van der Waals surface area contributed by atoms with Gasteiger partial charge in [-0.2, -0.15) is 0 Å². The molecule has 5 heteroatoms. The molecule has 1 aliphatic heterocycles. The number of carboxylic acid groups (broad SMARTS) is 1. The average molecular weight is 245 g/mol. The summed E-state index contributed by atoms with van der Waals surface area (Å²) in [6.07, 6.45) is -0.457. The molecule has 0 saturated carbocycles. The number of benzene rings is 1. The molecule has 5 nitrogen and oxygen atoms in total. The minimum atomic E-state index is -1.01. The first-order valence-corrected chi connectivity index (χ1v) is 5.68. The smallest absolute Gasteiger partial charge is 0.407 e. The van der Waals surface area contributed by atoms with Gasteiger partial charge in [0.15, 0.2) is 0 Å². The van der Waals surface area contributed by atoms with Crippen molar-refractivity contribution in [2.45, 2.75) is 13.0 Å². The predicted molar refractivity (Wildman–Crippen MR) is 64.6 cm³/mol. The molecule has 0 aliphatic carbocycles. The highest BCUT2D eigenvalue weighted by atomic mass is 16.4. The first-order chi connectivity index (χ1) is 8.66. The van der Waals surface area contributed by atoms with Gasteiger partial charge in [0.1, 0.15) is 5.58 Å². The Bertz CT molecular complexity index is 689. The molecule has 3 rings (SSSR count).